The molecule has 0 spiro atoms. The zero-order valence-electron chi connectivity index (χ0n) is 15.9. The largest absolute Gasteiger partial charge is 0.487 e. The fourth-order valence-corrected chi connectivity index (χ4v) is 3.91. The Morgan fingerprint density at radius 2 is 2.07 bits per heavy atom. The number of nitrogens with zero attached hydrogens (tertiary/aromatic N) is 5. The second-order valence-corrected chi connectivity index (χ2v) is 8.31. The fraction of sp³-hybridized carbons (Fsp3) is 0.400. The molecule has 5 rings (SSSR count). The normalized spacial score (nSPS) is 17.1. The molecular formula is C20H22N6O2S. The van der Waals surface area contributed by atoms with Gasteiger partial charge >= 0.3 is 0 Å². The Kier molecular flexibility index (Phi) is 4.99. The van der Waals surface area contributed by atoms with Gasteiger partial charge in [0.1, 0.15) is 12.4 Å². The van der Waals surface area contributed by atoms with Crippen molar-refractivity contribution in [3.8, 4) is 5.75 Å². The van der Waals surface area contributed by atoms with Crippen molar-refractivity contribution in [1.29, 1.82) is 0 Å². The highest BCUT2D eigenvalue weighted by Gasteiger charge is 2.30. The maximum atomic E-state index is 12.3. The number of hydrogen-bond acceptors (Lipinski definition) is 7. The van der Waals surface area contributed by atoms with Crippen LogP contribution in [-0.2, 0) is 13.2 Å². The van der Waals surface area contributed by atoms with E-state index in [0.717, 1.165) is 43.9 Å². The lowest BCUT2D eigenvalue weighted by molar-refractivity contribution is 0.0790. The number of amides is 1. The van der Waals surface area contributed by atoms with Gasteiger partial charge in [-0.25, -0.2) is 9.67 Å². The van der Waals surface area contributed by atoms with E-state index >= 15 is 0 Å². The van der Waals surface area contributed by atoms with Crippen molar-refractivity contribution in [2.75, 3.05) is 13.1 Å². The second-order valence-electron chi connectivity index (χ2n) is 7.59. The molecule has 0 radical (unpaired) electrons. The molecule has 1 saturated heterocycles. The summed E-state index contributed by atoms with van der Waals surface area (Å²) in [4.78, 5) is 18.8. The molecule has 29 heavy (non-hydrogen) atoms. The Balaban J connectivity index is 1.05. The molecule has 1 saturated carbocycles. The van der Waals surface area contributed by atoms with E-state index in [0.29, 0.717) is 18.3 Å². The molecule has 1 amide bonds. The van der Waals surface area contributed by atoms with Gasteiger partial charge in [-0.3, -0.25) is 9.69 Å². The molecule has 2 aromatic heterocycles. The minimum atomic E-state index is -0.136. The molecule has 1 aliphatic heterocycles. The third-order valence-electron chi connectivity index (χ3n) is 5.16. The van der Waals surface area contributed by atoms with Crippen molar-refractivity contribution in [1.82, 2.24) is 30.2 Å². The smallest absolute Gasteiger partial charge is 0.273 e. The van der Waals surface area contributed by atoms with Gasteiger partial charge in [0.05, 0.1) is 29.5 Å². The number of likely N-dealkylation sites (tertiary alicyclic amines) is 1. The van der Waals surface area contributed by atoms with Gasteiger partial charge in [-0.05, 0) is 30.5 Å². The van der Waals surface area contributed by atoms with Crippen molar-refractivity contribution < 1.29 is 9.53 Å². The topological polar surface area (TPSA) is 85.2 Å². The van der Waals surface area contributed by atoms with Crippen molar-refractivity contribution in [2.45, 2.75) is 38.1 Å². The highest BCUT2D eigenvalue weighted by Crippen LogP contribution is 2.33. The number of benzene rings is 1. The number of ether oxygens (including phenoxy) is 1. The van der Waals surface area contributed by atoms with Crippen molar-refractivity contribution in [3.63, 3.8) is 0 Å². The molecule has 8 nitrogen and oxygen atoms in total. The molecule has 0 bridgehead atoms. The Bertz CT molecular complexity index is 961. The summed E-state index contributed by atoms with van der Waals surface area (Å²) >= 11 is 1.57. The quantitative estimate of drug-likeness (QED) is 0.613. The SMILES string of the molecule is O=C(NC1CN(Cc2ccc(OCc3cscn3)cc2)C1)c1cn(C2CC2)nn1. The summed E-state index contributed by atoms with van der Waals surface area (Å²) in [5.74, 6) is 0.706. The van der Waals surface area contributed by atoms with Crippen LogP contribution < -0.4 is 10.1 Å². The van der Waals surface area contributed by atoms with Gasteiger partial charge in [-0.1, -0.05) is 17.3 Å². The molecular weight excluding hydrogens is 388 g/mol. The third-order valence-corrected chi connectivity index (χ3v) is 5.79. The molecule has 1 aliphatic carbocycles. The Morgan fingerprint density at radius 3 is 2.79 bits per heavy atom. The van der Waals surface area contributed by atoms with E-state index in [1.165, 1.54) is 5.56 Å². The first-order chi connectivity index (χ1) is 14.2. The summed E-state index contributed by atoms with van der Waals surface area (Å²) in [7, 11) is 0. The molecule has 150 valence electrons. The number of aromatic nitrogens is 4. The Labute approximate surface area is 172 Å². The minimum absolute atomic E-state index is 0.136. The average molecular weight is 411 g/mol. The molecule has 9 heteroatoms. The zero-order valence-corrected chi connectivity index (χ0v) is 16.7. The van der Waals surface area contributed by atoms with Crippen LogP contribution in [0.5, 0.6) is 5.75 Å². The van der Waals surface area contributed by atoms with Gasteiger partial charge < -0.3 is 10.1 Å². The summed E-state index contributed by atoms with van der Waals surface area (Å²) < 4.78 is 7.54. The molecule has 1 N–H and O–H groups in total. The van der Waals surface area contributed by atoms with E-state index in [9.17, 15) is 4.79 Å². The predicted molar refractivity (Wildman–Crippen MR) is 108 cm³/mol. The maximum absolute atomic E-state index is 12.3. The average Bonchev–Trinajstić information content (AvgIpc) is 3.21. The van der Waals surface area contributed by atoms with Crippen molar-refractivity contribution in [3.05, 3.63) is 58.3 Å². The highest BCUT2D eigenvalue weighted by molar-refractivity contribution is 7.07. The molecule has 0 atom stereocenters. The number of hydrogen-bond donors (Lipinski definition) is 1. The first kappa shape index (κ1) is 18.3. The molecule has 2 fully saturated rings. The first-order valence-corrected chi connectivity index (χ1v) is 10.7. The van der Waals surface area contributed by atoms with Crippen LogP contribution >= 0.6 is 11.3 Å². The standard InChI is InChI=1S/C20H22N6O2S/c27-20(19-10-26(24-23-19)17-3-4-17)22-15-8-25(9-15)7-14-1-5-18(6-2-14)28-11-16-12-29-13-21-16/h1-2,5-6,10,12-13,15,17H,3-4,7-9,11H2,(H,22,27). The van der Waals surface area contributed by atoms with Crippen LogP contribution in [0.1, 0.15) is 40.6 Å². The summed E-state index contributed by atoms with van der Waals surface area (Å²) in [6.45, 7) is 3.02. The van der Waals surface area contributed by atoms with E-state index in [-0.39, 0.29) is 11.9 Å². The van der Waals surface area contributed by atoms with Gasteiger partial charge in [-0.2, -0.15) is 0 Å². The lowest BCUT2D eigenvalue weighted by Crippen LogP contribution is -2.58. The number of carbonyl (C=O) groups is 1. The van der Waals surface area contributed by atoms with Crippen LogP contribution in [0.3, 0.4) is 0 Å². The van der Waals surface area contributed by atoms with Crippen LogP contribution in [0.15, 0.2) is 41.4 Å². The maximum Gasteiger partial charge on any atom is 0.273 e. The van der Waals surface area contributed by atoms with E-state index < -0.39 is 0 Å². The second kappa shape index (κ2) is 7.92. The molecule has 0 unspecified atom stereocenters. The fourth-order valence-electron chi connectivity index (χ4n) is 3.36. The summed E-state index contributed by atoms with van der Waals surface area (Å²) in [5.41, 5.74) is 4.39. The number of rotatable bonds is 8. The number of carbonyl (C=O) groups excluding carboxylic acids is 1. The van der Waals surface area contributed by atoms with Crippen molar-refractivity contribution >= 4 is 17.2 Å². The van der Waals surface area contributed by atoms with Crippen LogP contribution in [0.2, 0.25) is 0 Å². The predicted octanol–water partition coefficient (Wildman–Crippen LogP) is 2.26. The van der Waals surface area contributed by atoms with Gasteiger partial charge in [0.15, 0.2) is 5.69 Å². The summed E-state index contributed by atoms with van der Waals surface area (Å²) in [6.07, 6.45) is 4.00. The number of thiazole rings is 1. The van der Waals surface area contributed by atoms with Crippen LogP contribution in [0, 0.1) is 0 Å². The van der Waals surface area contributed by atoms with Crippen molar-refractivity contribution in [2.24, 2.45) is 0 Å². The monoisotopic (exact) mass is 410 g/mol. The molecule has 3 heterocycles. The summed E-state index contributed by atoms with van der Waals surface area (Å²) in [6, 6.07) is 8.74. The minimum Gasteiger partial charge on any atom is -0.487 e. The molecule has 1 aromatic carbocycles. The van der Waals surface area contributed by atoms with E-state index in [2.05, 4.69) is 37.6 Å². The van der Waals surface area contributed by atoms with E-state index in [4.69, 9.17) is 4.74 Å². The van der Waals surface area contributed by atoms with Crippen LogP contribution in [0.4, 0.5) is 0 Å². The third kappa shape index (κ3) is 4.46. The Morgan fingerprint density at radius 1 is 1.24 bits per heavy atom. The van der Waals surface area contributed by atoms with Crippen LogP contribution in [0.25, 0.3) is 0 Å². The van der Waals surface area contributed by atoms with Crippen LogP contribution in [-0.4, -0.2) is 49.9 Å². The lowest BCUT2D eigenvalue weighted by atomic mass is 10.1. The van der Waals surface area contributed by atoms with E-state index in [1.54, 1.807) is 22.2 Å². The summed E-state index contributed by atoms with van der Waals surface area (Å²) in [5, 5.41) is 13.1. The Hall–Kier alpha value is -2.78. The zero-order chi connectivity index (χ0) is 19.6. The highest BCUT2D eigenvalue weighted by atomic mass is 32.1. The molecule has 2 aliphatic rings. The lowest BCUT2D eigenvalue weighted by Gasteiger charge is -2.39. The van der Waals surface area contributed by atoms with Gasteiger partial charge in [0, 0.05) is 25.0 Å². The van der Waals surface area contributed by atoms with Gasteiger partial charge in [0.25, 0.3) is 5.91 Å². The number of nitrogens with one attached hydrogen (secondary N) is 1. The molecule has 3 aromatic rings. The van der Waals surface area contributed by atoms with Gasteiger partial charge in [-0.15, -0.1) is 16.4 Å². The first-order valence-electron chi connectivity index (χ1n) is 9.77. The van der Waals surface area contributed by atoms with Gasteiger partial charge in [0.2, 0.25) is 0 Å². The van der Waals surface area contributed by atoms with E-state index in [1.807, 2.05) is 23.0 Å².